The fraction of sp³-hybridized carbons (Fsp3) is 0.667. The van der Waals surface area contributed by atoms with Gasteiger partial charge in [-0.3, -0.25) is 0 Å². The molecule has 1 fully saturated rings. The van der Waals surface area contributed by atoms with Crippen LogP contribution in [0.4, 0.5) is 0 Å². The van der Waals surface area contributed by atoms with Crippen molar-refractivity contribution in [1.82, 2.24) is 5.32 Å². The van der Waals surface area contributed by atoms with Crippen molar-refractivity contribution in [2.45, 2.75) is 56.1 Å². The van der Waals surface area contributed by atoms with E-state index in [1.807, 2.05) is 11.8 Å². The average Bonchev–Trinajstić information content (AvgIpc) is 2.56. The van der Waals surface area contributed by atoms with Crippen molar-refractivity contribution in [3.05, 3.63) is 24.3 Å². The molecule has 1 aromatic carbocycles. The molecule has 1 aliphatic heterocycles. The van der Waals surface area contributed by atoms with Gasteiger partial charge in [0.2, 0.25) is 0 Å². The van der Waals surface area contributed by atoms with Gasteiger partial charge >= 0.3 is 0 Å². The standard InChI is InChI=1S/C18H27NOS/c1-3-13-7-6-8-14(11-13)18(19-2)16-12-21-17-10-5-4-9-15(17)20-16/h4-5,9-10,13-14,16,18-19H,3,6-8,11-12H2,1-2H3. The number of rotatable bonds is 4. The first-order valence-electron chi connectivity index (χ1n) is 8.37. The van der Waals surface area contributed by atoms with E-state index in [9.17, 15) is 0 Å². The molecule has 0 radical (unpaired) electrons. The van der Waals surface area contributed by atoms with Gasteiger partial charge < -0.3 is 10.1 Å². The summed E-state index contributed by atoms with van der Waals surface area (Å²) < 4.78 is 6.32. The van der Waals surface area contributed by atoms with Crippen LogP contribution < -0.4 is 10.1 Å². The highest BCUT2D eigenvalue weighted by molar-refractivity contribution is 7.99. The second kappa shape index (κ2) is 7.06. The molecule has 1 saturated carbocycles. The molecule has 3 rings (SSSR count). The first kappa shape index (κ1) is 15.2. The topological polar surface area (TPSA) is 21.3 Å². The molecule has 1 aromatic rings. The summed E-state index contributed by atoms with van der Waals surface area (Å²) in [6.45, 7) is 2.34. The zero-order valence-electron chi connectivity index (χ0n) is 13.2. The Morgan fingerprint density at radius 1 is 1.33 bits per heavy atom. The van der Waals surface area contributed by atoms with Crippen LogP contribution in [0.15, 0.2) is 29.2 Å². The lowest BCUT2D eigenvalue weighted by atomic mass is 9.75. The first-order valence-corrected chi connectivity index (χ1v) is 9.36. The molecule has 4 atom stereocenters. The zero-order valence-corrected chi connectivity index (χ0v) is 14.0. The zero-order chi connectivity index (χ0) is 14.7. The monoisotopic (exact) mass is 305 g/mol. The molecular formula is C18H27NOS. The van der Waals surface area contributed by atoms with E-state index >= 15 is 0 Å². The smallest absolute Gasteiger partial charge is 0.133 e. The molecule has 2 nitrogen and oxygen atoms in total. The Kier molecular flexibility index (Phi) is 5.12. The van der Waals surface area contributed by atoms with Crippen molar-refractivity contribution >= 4 is 11.8 Å². The molecule has 0 spiro atoms. The quantitative estimate of drug-likeness (QED) is 0.894. The highest BCUT2D eigenvalue weighted by atomic mass is 32.2. The summed E-state index contributed by atoms with van der Waals surface area (Å²) in [6, 6.07) is 8.93. The van der Waals surface area contributed by atoms with Gasteiger partial charge in [0.25, 0.3) is 0 Å². The first-order chi connectivity index (χ1) is 10.3. The highest BCUT2D eigenvalue weighted by Gasteiger charge is 2.35. The fourth-order valence-electron chi connectivity index (χ4n) is 3.97. The lowest BCUT2D eigenvalue weighted by molar-refractivity contribution is 0.105. The summed E-state index contributed by atoms with van der Waals surface area (Å²) in [5.41, 5.74) is 0. The Bertz CT molecular complexity index is 464. The van der Waals surface area contributed by atoms with Crippen molar-refractivity contribution in [1.29, 1.82) is 0 Å². The van der Waals surface area contributed by atoms with Crippen LogP contribution in [0.3, 0.4) is 0 Å². The summed E-state index contributed by atoms with van der Waals surface area (Å²) in [7, 11) is 2.11. The number of nitrogens with one attached hydrogen (secondary N) is 1. The maximum absolute atomic E-state index is 6.32. The molecule has 1 N–H and O–H groups in total. The third kappa shape index (κ3) is 3.40. The van der Waals surface area contributed by atoms with Gasteiger partial charge in [0.1, 0.15) is 11.9 Å². The van der Waals surface area contributed by atoms with Crippen LogP contribution in [-0.2, 0) is 0 Å². The lowest BCUT2D eigenvalue weighted by Crippen LogP contribution is -2.49. The maximum atomic E-state index is 6.32. The highest BCUT2D eigenvalue weighted by Crippen LogP contribution is 2.39. The predicted octanol–water partition coefficient (Wildman–Crippen LogP) is 4.34. The minimum atomic E-state index is 0.301. The van der Waals surface area contributed by atoms with E-state index in [0.717, 1.165) is 23.3 Å². The van der Waals surface area contributed by atoms with E-state index in [2.05, 4.69) is 43.6 Å². The largest absolute Gasteiger partial charge is 0.487 e. The van der Waals surface area contributed by atoms with E-state index in [4.69, 9.17) is 4.74 Å². The van der Waals surface area contributed by atoms with Crippen LogP contribution in [0, 0.1) is 11.8 Å². The SMILES string of the molecule is CCC1CCCC(C(NC)C2CSc3ccccc3O2)C1. The number of para-hydroxylation sites is 1. The third-order valence-corrected chi connectivity index (χ3v) is 6.32. The molecule has 1 aliphatic carbocycles. The molecule has 0 amide bonds. The van der Waals surface area contributed by atoms with E-state index < -0.39 is 0 Å². The Labute approximate surface area is 133 Å². The maximum Gasteiger partial charge on any atom is 0.133 e. The summed E-state index contributed by atoms with van der Waals surface area (Å²) in [4.78, 5) is 1.29. The normalized spacial score (nSPS) is 30.3. The number of likely N-dealkylation sites (N-methyl/N-ethyl adjacent to an activating group) is 1. The van der Waals surface area contributed by atoms with Crippen molar-refractivity contribution in [2.75, 3.05) is 12.8 Å². The second-order valence-corrected chi connectivity index (χ2v) is 7.49. The van der Waals surface area contributed by atoms with Crippen LogP contribution in [0.25, 0.3) is 0 Å². The van der Waals surface area contributed by atoms with Crippen LogP contribution in [0.2, 0.25) is 0 Å². The number of hydrogen-bond donors (Lipinski definition) is 1. The molecule has 0 bridgehead atoms. The summed E-state index contributed by atoms with van der Waals surface area (Å²) in [5.74, 6) is 3.82. The van der Waals surface area contributed by atoms with Gasteiger partial charge in [-0.15, -0.1) is 11.8 Å². The fourth-order valence-corrected chi connectivity index (χ4v) is 5.02. The Morgan fingerprint density at radius 3 is 3.00 bits per heavy atom. The van der Waals surface area contributed by atoms with Crippen LogP contribution in [-0.4, -0.2) is 24.9 Å². The van der Waals surface area contributed by atoms with Gasteiger partial charge in [-0.05, 0) is 43.9 Å². The Morgan fingerprint density at radius 2 is 2.19 bits per heavy atom. The van der Waals surface area contributed by atoms with E-state index in [1.165, 1.54) is 37.0 Å². The molecule has 0 aromatic heterocycles. The minimum absolute atomic E-state index is 0.301. The molecule has 1 heterocycles. The second-order valence-electron chi connectivity index (χ2n) is 6.43. The number of hydrogen-bond acceptors (Lipinski definition) is 3. The summed E-state index contributed by atoms with van der Waals surface area (Å²) >= 11 is 1.95. The van der Waals surface area contributed by atoms with Crippen molar-refractivity contribution in [3.63, 3.8) is 0 Å². The van der Waals surface area contributed by atoms with Gasteiger partial charge in [0.05, 0.1) is 0 Å². The minimum Gasteiger partial charge on any atom is -0.487 e. The molecule has 0 saturated heterocycles. The third-order valence-electron chi connectivity index (χ3n) is 5.17. The predicted molar refractivity (Wildman–Crippen MR) is 90.2 cm³/mol. The van der Waals surface area contributed by atoms with E-state index in [-0.39, 0.29) is 0 Å². The van der Waals surface area contributed by atoms with Crippen molar-refractivity contribution in [2.24, 2.45) is 11.8 Å². The van der Waals surface area contributed by atoms with Gasteiger partial charge in [0, 0.05) is 16.7 Å². The molecule has 4 unspecified atom stereocenters. The molecule has 116 valence electrons. The molecule has 21 heavy (non-hydrogen) atoms. The number of fused-ring (bicyclic) bond motifs is 1. The number of ether oxygens (including phenoxy) is 1. The number of thioether (sulfide) groups is 1. The van der Waals surface area contributed by atoms with Gasteiger partial charge in [-0.1, -0.05) is 38.3 Å². The van der Waals surface area contributed by atoms with E-state index in [0.29, 0.717) is 12.1 Å². The van der Waals surface area contributed by atoms with Gasteiger partial charge in [0.15, 0.2) is 0 Å². The van der Waals surface area contributed by atoms with Crippen LogP contribution >= 0.6 is 11.8 Å². The molecular weight excluding hydrogens is 278 g/mol. The van der Waals surface area contributed by atoms with Crippen molar-refractivity contribution < 1.29 is 4.74 Å². The Balaban J connectivity index is 1.69. The van der Waals surface area contributed by atoms with Crippen LogP contribution in [0.1, 0.15) is 39.0 Å². The van der Waals surface area contributed by atoms with Crippen molar-refractivity contribution in [3.8, 4) is 5.75 Å². The Hall–Kier alpha value is -0.670. The molecule has 3 heteroatoms. The summed E-state index contributed by atoms with van der Waals surface area (Å²) in [6.07, 6.45) is 7.17. The van der Waals surface area contributed by atoms with E-state index in [1.54, 1.807) is 0 Å². The summed E-state index contributed by atoms with van der Waals surface area (Å²) in [5, 5.41) is 3.58. The van der Waals surface area contributed by atoms with Gasteiger partial charge in [-0.25, -0.2) is 0 Å². The van der Waals surface area contributed by atoms with Crippen LogP contribution in [0.5, 0.6) is 5.75 Å². The van der Waals surface area contributed by atoms with Gasteiger partial charge in [-0.2, -0.15) is 0 Å². The number of benzene rings is 1. The average molecular weight is 305 g/mol. The lowest BCUT2D eigenvalue weighted by Gasteiger charge is -2.39. The molecule has 2 aliphatic rings.